The van der Waals surface area contributed by atoms with Gasteiger partial charge in [0.15, 0.2) is 5.76 Å². The fourth-order valence-corrected chi connectivity index (χ4v) is 2.59. The largest absolute Gasteiger partial charge is 0.461 e. The standard InChI is InChI=1S/C14H10BrNO2/c15-11-8-16(12-5-2-1-4-10(11)12)9-13(17)14-6-3-7-18-14/h1-8H,9H2. The molecular formula is C14H10BrNO2. The van der Waals surface area contributed by atoms with Gasteiger partial charge in [0.2, 0.25) is 5.78 Å². The second-order valence-electron chi connectivity index (χ2n) is 4.02. The molecule has 2 aromatic heterocycles. The minimum atomic E-state index is -0.0340. The third-order valence-electron chi connectivity index (χ3n) is 2.85. The lowest BCUT2D eigenvalue weighted by Crippen LogP contribution is -2.08. The summed E-state index contributed by atoms with van der Waals surface area (Å²) in [5.74, 6) is 0.358. The Balaban J connectivity index is 1.98. The fraction of sp³-hybridized carbons (Fsp3) is 0.0714. The molecule has 0 fully saturated rings. The zero-order chi connectivity index (χ0) is 12.5. The third-order valence-corrected chi connectivity index (χ3v) is 3.48. The van der Waals surface area contributed by atoms with Crippen molar-refractivity contribution in [1.29, 1.82) is 0 Å². The van der Waals surface area contributed by atoms with Gasteiger partial charge in [-0.3, -0.25) is 4.79 Å². The van der Waals surface area contributed by atoms with Gasteiger partial charge in [-0.25, -0.2) is 0 Å². The smallest absolute Gasteiger partial charge is 0.217 e. The van der Waals surface area contributed by atoms with Gasteiger partial charge in [0.05, 0.1) is 12.8 Å². The minimum Gasteiger partial charge on any atom is -0.461 e. The number of aromatic nitrogens is 1. The summed E-state index contributed by atoms with van der Waals surface area (Å²) in [6.45, 7) is 0.277. The molecule has 0 saturated carbocycles. The van der Waals surface area contributed by atoms with Gasteiger partial charge in [-0.15, -0.1) is 0 Å². The lowest BCUT2D eigenvalue weighted by molar-refractivity contribution is 0.0946. The van der Waals surface area contributed by atoms with Crippen molar-refractivity contribution in [1.82, 2.24) is 4.57 Å². The van der Waals surface area contributed by atoms with Crippen LogP contribution in [0.15, 0.2) is 57.7 Å². The van der Waals surface area contributed by atoms with E-state index in [2.05, 4.69) is 15.9 Å². The molecule has 3 aromatic rings. The number of carbonyl (C=O) groups excluding carboxylic acids is 1. The van der Waals surface area contributed by atoms with Crippen molar-refractivity contribution >= 4 is 32.6 Å². The number of hydrogen-bond acceptors (Lipinski definition) is 2. The summed E-state index contributed by atoms with van der Waals surface area (Å²) in [5, 5.41) is 1.10. The normalized spacial score (nSPS) is 10.9. The number of para-hydroxylation sites is 1. The van der Waals surface area contributed by atoms with Crippen LogP contribution in [-0.4, -0.2) is 10.4 Å². The molecule has 0 spiro atoms. The first-order chi connectivity index (χ1) is 8.75. The first-order valence-electron chi connectivity index (χ1n) is 5.56. The van der Waals surface area contributed by atoms with E-state index in [-0.39, 0.29) is 12.3 Å². The molecule has 0 N–H and O–H groups in total. The monoisotopic (exact) mass is 303 g/mol. The number of nitrogens with zero attached hydrogens (tertiary/aromatic N) is 1. The SMILES string of the molecule is O=C(Cn1cc(Br)c2ccccc21)c1ccco1. The number of fused-ring (bicyclic) bond motifs is 1. The molecule has 0 aliphatic carbocycles. The topological polar surface area (TPSA) is 35.1 Å². The van der Waals surface area contributed by atoms with Gasteiger partial charge in [0.25, 0.3) is 0 Å². The Morgan fingerprint density at radius 2 is 2.06 bits per heavy atom. The number of furan rings is 1. The number of benzene rings is 1. The Kier molecular flexibility index (Phi) is 2.80. The van der Waals surface area contributed by atoms with Gasteiger partial charge in [0, 0.05) is 21.6 Å². The zero-order valence-corrected chi connectivity index (χ0v) is 11.1. The maximum Gasteiger partial charge on any atom is 0.217 e. The van der Waals surface area contributed by atoms with Crippen molar-refractivity contribution in [2.24, 2.45) is 0 Å². The van der Waals surface area contributed by atoms with Crippen LogP contribution in [0.5, 0.6) is 0 Å². The summed E-state index contributed by atoms with van der Waals surface area (Å²) in [5.41, 5.74) is 1.03. The molecule has 3 nitrogen and oxygen atoms in total. The van der Waals surface area contributed by atoms with E-state index in [4.69, 9.17) is 4.42 Å². The highest BCUT2D eigenvalue weighted by molar-refractivity contribution is 9.10. The Labute approximate surface area is 112 Å². The zero-order valence-electron chi connectivity index (χ0n) is 9.47. The molecule has 0 atom stereocenters. The average Bonchev–Trinajstić information content (AvgIpc) is 3.00. The van der Waals surface area contributed by atoms with Gasteiger partial charge in [-0.05, 0) is 34.1 Å². The van der Waals surface area contributed by atoms with E-state index in [1.807, 2.05) is 35.0 Å². The van der Waals surface area contributed by atoms with Gasteiger partial charge < -0.3 is 8.98 Å². The number of halogens is 1. The van der Waals surface area contributed by atoms with Crippen LogP contribution in [0.4, 0.5) is 0 Å². The van der Waals surface area contributed by atoms with Crippen molar-refractivity contribution in [2.75, 3.05) is 0 Å². The summed E-state index contributed by atoms with van der Waals surface area (Å²) >= 11 is 3.50. The minimum absolute atomic E-state index is 0.0340. The van der Waals surface area contributed by atoms with Crippen molar-refractivity contribution in [3.63, 3.8) is 0 Å². The number of rotatable bonds is 3. The highest BCUT2D eigenvalue weighted by Crippen LogP contribution is 2.26. The fourth-order valence-electron chi connectivity index (χ4n) is 2.00. The van der Waals surface area contributed by atoms with Crippen LogP contribution in [0, 0.1) is 0 Å². The predicted octanol–water partition coefficient (Wildman–Crippen LogP) is 3.88. The van der Waals surface area contributed by atoms with Crippen LogP contribution in [-0.2, 0) is 6.54 Å². The first kappa shape index (κ1) is 11.3. The second-order valence-corrected chi connectivity index (χ2v) is 4.88. The lowest BCUT2D eigenvalue weighted by atomic mass is 10.2. The molecule has 0 aliphatic rings. The van der Waals surface area contributed by atoms with Crippen LogP contribution >= 0.6 is 15.9 Å². The summed E-state index contributed by atoms with van der Waals surface area (Å²) in [7, 11) is 0. The van der Waals surface area contributed by atoms with Crippen LogP contribution < -0.4 is 0 Å². The Morgan fingerprint density at radius 1 is 1.22 bits per heavy atom. The number of ketones is 1. The molecule has 2 heterocycles. The first-order valence-corrected chi connectivity index (χ1v) is 6.35. The van der Waals surface area contributed by atoms with Crippen LogP contribution in [0.3, 0.4) is 0 Å². The van der Waals surface area contributed by atoms with Crippen LogP contribution in [0.2, 0.25) is 0 Å². The summed E-state index contributed by atoms with van der Waals surface area (Å²) in [6, 6.07) is 11.4. The Hall–Kier alpha value is -1.81. The van der Waals surface area contributed by atoms with Crippen molar-refractivity contribution in [3.8, 4) is 0 Å². The van der Waals surface area contributed by atoms with E-state index in [9.17, 15) is 4.79 Å². The molecule has 0 bridgehead atoms. The molecule has 0 aliphatic heterocycles. The van der Waals surface area contributed by atoms with Gasteiger partial charge >= 0.3 is 0 Å². The highest BCUT2D eigenvalue weighted by atomic mass is 79.9. The van der Waals surface area contributed by atoms with Crippen LogP contribution in [0.25, 0.3) is 10.9 Å². The maximum atomic E-state index is 12.0. The molecule has 18 heavy (non-hydrogen) atoms. The molecule has 1 aromatic carbocycles. The summed E-state index contributed by atoms with van der Waals surface area (Å²) in [4.78, 5) is 12.0. The molecular weight excluding hydrogens is 294 g/mol. The summed E-state index contributed by atoms with van der Waals surface area (Å²) < 4.78 is 8.02. The van der Waals surface area contributed by atoms with Crippen molar-refractivity contribution in [3.05, 3.63) is 59.1 Å². The quantitative estimate of drug-likeness (QED) is 0.688. The molecule has 90 valence electrons. The van der Waals surface area contributed by atoms with Gasteiger partial charge in [-0.2, -0.15) is 0 Å². The molecule has 0 saturated heterocycles. The van der Waals surface area contributed by atoms with E-state index in [1.165, 1.54) is 6.26 Å². The summed E-state index contributed by atoms with van der Waals surface area (Å²) in [6.07, 6.45) is 3.43. The number of carbonyl (C=O) groups is 1. The molecule has 3 rings (SSSR count). The van der Waals surface area contributed by atoms with Gasteiger partial charge in [0.1, 0.15) is 0 Å². The highest BCUT2D eigenvalue weighted by Gasteiger charge is 2.12. The number of Topliss-reactive ketones (excluding diaryl/α,β-unsaturated/α-hetero) is 1. The van der Waals surface area contributed by atoms with E-state index >= 15 is 0 Å². The second kappa shape index (κ2) is 4.46. The third kappa shape index (κ3) is 1.88. The van der Waals surface area contributed by atoms with Gasteiger partial charge in [-0.1, -0.05) is 18.2 Å². The van der Waals surface area contributed by atoms with E-state index in [1.54, 1.807) is 12.1 Å². The van der Waals surface area contributed by atoms with E-state index in [0.29, 0.717) is 5.76 Å². The molecule has 0 unspecified atom stereocenters. The van der Waals surface area contributed by atoms with E-state index < -0.39 is 0 Å². The van der Waals surface area contributed by atoms with E-state index in [0.717, 1.165) is 15.4 Å². The van der Waals surface area contributed by atoms with Crippen molar-refractivity contribution < 1.29 is 9.21 Å². The molecule has 0 radical (unpaired) electrons. The average molecular weight is 304 g/mol. The lowest BCUT2D eigenvalue weighted by Gasteiger charge is -2.02. The Bertz CT molecular complexity index is 698. The predicted molar refractivity (Wildman–Crippen MR) is 72.7 cm³/mol. The molecule has 0 amide bonds. The maximum absolute atomic E-state index is 12.0. The molecule has 4 heteroatoms. The van der Waals surface area contributed by atoms with Crippen molar-refractivity contribution in [2.45, 2.75) is 6.54 Å². The Morgan fingerprint density at radius 3 is 2.83 bits per heavy atom. The number of hydrogen-bond donors (Lipinski definition) is 0. The van der Waals surface area contributed by atoms with Crippen LogP contribution in [0.1, 0.15) is 10.6 Å².